The minimum absolute atomic E-state index is 0.0828. The van der Waals surface area contributed by atoms with E-state index in [-0.39, 0.29) is 30.7 Å². The van der Waals surface area contributed by atoms with Crippen LogP contribution in [0.15, 0.2) is 12.1 Å². The second-order valence-electron chi connectivity index (χ2n) is 3.40. The highest BCUT2D eigenvalue weighted by molar-refractivity contribution is 5.72. The van der Waals surface area contributed by atoms with Crippen molar-refractivity contribution in [3.63, 3.8) is 0 Å². The molecule has 0 aliphatic rings. The molecule has 2 N–H and O–H groups in total. The summed E-state index contributed by atoms with van der Waals surface area (Å²) in [6, 6.07) is 4.45. The van der Waals surface area contributed by atoms with Crippen LogP contribution in [0.25, 0.3) is 0 Å². The summed E-state index contributed by atoms with van der Waals surface area (Å²) < 4.78 is 18.3. The number of carbonyl (C=O) groups excluding carboxylic acids is 1. The number of hydrogen-bond acceptors (Lipinski definition) is 4. The van der Waals surface area contributed by atoms with Gasteiger partial charge in [-0.05, 0) is 24.6 Å². The molecule has 0 heterocycles. The van der Waals surface area contributed by atoms with Gasteiger partial charge in [0.2, 0.25) is 0 Å². The second-order valence-corrected chi connectivity index (χ2v) is 3.40. The van der Waals surface area contributed by atoms with Crippen LogP contribution in [-0.4, -0.2) is 12.6 Å². The quantitative estimate of drug-likeness (QED) is 0.798. The van der Waals surface area contributed by atoms with Gasteiger partial charge in [-0.15, -0.1) is 0 Å². The van der Waals surface area contributed by atoms with Crippen molar-refractivity contribution in [2.45, 2.75) is 19.9 Å². The molecule has 0 spiro atoms. The highest BCUT2D eigenvalue weighted by Gasteiger charge is 2.12. The van der Waals surface area contributed by atoms with Gasteiger partial charge in [0.05, 0.1) is 24.7 Å². The van der Waals surface area contributed by atoms with Crippen molar-refractivity contribution in [3.8, 4) is 6.07 Å². The lowest BCUT2D eigenvalue weighted by Crippen LogP contribution is -2.10. The van der Waals surface area contributed by atoms with Crippen molar-refractivity contribution in [1.29, 1.82) is 5.26 Å². The summed E-state index contributed by atoms with van der Waals surface area (Å²) in [5.41, 5.74) is 6.25. The van der Waals surface area contributed by atoms with Crippen molar-refractivity contribution in [2.75, 3.05) is 6.61 Å². The maximum Gasteiger partial charge on any atom is 0.310 e. The van der Waals surface area contributed by atoms with E-state index in [0.717, 1.165) is 0 Å². The molecule has 5 heteroatoms. The number of halogens is 1. The predicted octanol–water partition coefficient (Wildman–Crippen LogP) is 1.26. The molecule has 0 aliphatic heterocycles. The van der Waals surface area contributed by atoms with E-state index in [1.807, 2.05) is 6.07 Å². The first-order chi connectivity index (χ1) is 8.12. The number of nitriles is 1. The van der Waals surface area contributed by atoms with E-state index in [4.69, 9.17) is 15.7 Å². The summed E-state index contributed by atoms with van der Waals surface area (Å²) in [4.78, 5) is 11.2. The molecule has 0 saturated heterocycles. The summed E-state index contributed by atoms with van der Waals surface area (Å²) in [5, 5.41) is 8.86. The molecule has 4 nitrogen and oxygen atoms in total. The first kappa shape index (κ1) is 13.1. The number of esters is 1. The topological polar surface area (TPSA) is 76.1 Å². The molecule has 0 fully saturated rings. The highest BCUT2D eigenvalue weighted by atomic mass is 19.1. The number of benzene rings is 1. The third-order valence-corrected chi connectivity index (χ3v) is 2.25. The Hall–Kier alpha value is -1.93. The van der Waals surface area contributed by atoms with E-state index in [1.165, 1.54) is 12.1 Å². The Labute approximate surface area is 98.8 Å². The molecule has 0 aromatic heterocycles. The van der Waals surface area contributed by atoms with Gasteiger partial charge in [0.15, 0.2) is 0 Å². The Bertz CT molecular complexity index is 466. The monoisotopic (exact) mass is 236 g/mol. The summed E-state index contributed by atoms with van der Waals surface area (Å²) in [6.07, 6.45) is -0.181. The van der Waals surface area contributed by atoms with Gasteiger partial charge in [-0.25, -0.2) is 4.39 Å². The summed E-state index contributed by atoms with van der Waals surface area (Å²) in [6.45, 7) is 2.00. The first-order valence-electron chi connectivity index (χ1n) is 5.19. The normalized spacial score (nSPS) is 9.76. The number of nitrogens with two attached hydrogens (primary N) is 1. The fraction of sp³-hybridized carbons (Fsp3) is 0.333. The molecule has 0 aliphatic carbocycles. The molecule has 0 saturated carbocycles. The number of carbonyl (C=O) groups is 1. The van der Waals surface area contributed by atoms with E-state index in [2.05, 4.69) is 0 Å². The average molecular weight is 236 g/mol. The van der Waals surface area contributed by atoms with Crippen LogP contribution in [0.4, 0.5) is 4.39 Å². The fourth-order valence-electron chi connectivity index (χ4n) is 1.44. The second kappa shape index (κ2) is 5.97. The Morgan fingerprint density at radius 3 is 2.76 bits per heavy atom. The van der Waals surface area contributed by atoms with Crippen LogP contribution in [0.2, 0.25) is 0 Å². The molecule has 1 aromatic carbocycles. The van der Waals surface area contributed by atoms with Crippen LogP contribution in [0, 0.1) is 17.1 Å². The van der Waals surface area contributed by atoms with E-state index >= 15 is 0 Å². The van der Waals surface area contributed by atoms with Gasteiger partial charge in [-0.1, -0.05) is 0 Å². The average Bonchev–Trinajstić information content (AvgIpc) is 2.31. The minimum Gasteiger partial charge on any atom is -0.466 e. The number of hydrogen-bond donors (Lipinski definition) is 1. The van der Waals surface area contributed by atoms with Crippen LogP contribution in [0.5, 0.6) is 0 Å². The van der Waals surface area contributed by atoms with Gasteiger partial charge in [0, 0.05) is 12.1 Å². The van der Waals surface area contributed by atoms with E-state index in [9.17, 15) is 9.18 Å². The van der Waals surface area contributed by atoms with Crippen LogP contribution < -0.4 is 5.73 Å². The van der Waals surface area contributed by atoms with E-state index in [0.29, 0.717) is 5.56 Å². The summed E-state index contributed by atoms with van der Waals surface area (Å²) in [5.74, 6) is -1.06. The first-order valence-corrected chi connectivity index (χ1v) is 5.19. The minimum atomic E-state index is -0.544. The molecule has 0 atom stereocenters. The zero-order chi connectivity index (χ0) is 12.8. The number of ether oxygens (including phenoxy) is 1. The highest BCUT2D eigenvalue weighted by Crippen LogP contribution is 2.16. The molecule has 0 bridgehead atoms. The zero-order valence-corrected chi connectivity index (χ0v) is 9.50. The summed E-state index contributed by atoms with van der Waals surface area (Å²) in [7, 11) is 0. The Kier molecular flexibility index (Phi) is 4.61. The fourth-order valence-corrected chi connectivity index (χ4v) is 1.44. The van der Waals surface area contributed by atoms with Gasteiger partial charge in [0.25, 0.3) is 0 Å². The summed E-state index contributed by atoms with van der Waals surface area (Å²) >= 11 is 0. The Morgan fingerprint density at radius 1 is 1.53 bits per heavy atom. The number of nitrogens with zero attached hydrogens (tertiary/aromatic N) is 1. The Balaban J connectivity index is 3.01. The van der Waals surface area contributed by atoms with Crippen LogP contribution in [0.1, 0.15) is 23.6 Å². The maximum atomic E-state index is 13.6. The van der Waals surface area contributed by atoms with Gasteiger partial charge in [-0.3, -0.25) is 4.79 Å². The molecule has 0 unspecified atom stereocenters. The van der Waals surface area contributed by atoms with Crippen molar-refractivity contribution < 1.29 is 13.9 Å². The lowest BCUT2D eigenvalue weighted by atomic mass is 10.0. The molecule has 1 rings (SSSR count). The van der Waals surface area contributed by atoms with Crippen molar-refractivity contribution in [2.24, 2.45) is 5.73 Å². The smallest absolute Gasteiger partial charge is 0.310 e. The van der Waals surface area contributed by atoms with Crippen molar-refractivity contribution in [1.82, 2.24) is 0 Å². The maximum absolute atomic E-state index is 13.6. The van der Waals surface area contributed by atoms with Crippen LogP contribution in [0.3, 0.4) is 0 Å². The zero-order valence-electron chi connectivity index (χ0n) is 9.50. The molecule has 1 aromatic rings. The van der Waals surface area contributed by atoms with Crippen molar-refractivity contribution in [3.05, 3.63) is 34.6 Å². The lowest BCUT2D eigenvalue weighted by molar-refractivity contribution is -0.142. The SMILES string of the molecule is CCOC(=O)Cc1cc(C#N)c(CN)cc1F. The van der Waals surface area contributed by atoms with Crippen LogP contribution >= 0.6 is 0 Å². The molecule has 0 radical (unpaired) electrons. The molecular weight excluding hydrogens is 223 g/mol. The third-order valence-electron chi connectivity index (χ3n) is 2.25. The Morgan fingerprint density at radius 2 is 2.24 bits per heavy atom. The van der Waals surface area contributed by atoms with Gasteiger partial charge < -0.3 is 10.5 Å². The van der Waals surface area contributed by atoms with Gasteiger partial charge in [-0.2, -0.15) is 5.26 Å². The largest absolute Gasteiger partial charge is 0.466 e. The molecule has 17 heavy (non-hydrogen) atoms. The molecular formula is C12H13FN2O2. The van der Waals surface area contributed by atoms with E-state index < -0.39 is 11.8 Å². The van der Waals surface area contributed by atoms with Crippen molar-refractivity contribution >= 4 is 5.97 Å². The lowest BCUT2D eigenvalue weighted by Gasteiger charge is -2.07. The van der Waals surface area contributed by atoms with Gasteiger partial charge >= 0.3 is 5.97 Å². The van der Waals surface area contributed by atoms with E-state index in [1.54, 1.807) is 6.92 Å². The molecule has 90 valence electrons. The molecule has 0 amide bonds. The van der Waals surface area contributed by atoms with Crippen LogP contribution in [-0.2, 0) is 22.5 Å². The standard InChI is InChI=1S/C12H13FN2O2/c1-2-17-12(16)5-8-3-9(6-14)10(7-15)4-11(8)13/h3-4H,2,5,7,15H2,1H3. The van der Waals surface area contributed by atoms with Gasteiger partial charge in [0.1, 0.15) is 5.82 Å². The number of rotatable bonds is 4. The predicted molar refractivity (Wildman–Crippen MR) is 59.3 cm³/mol. The third kappa shape index (κ3) is 3.26.